The van der Waals surface area contributed by atoms with Crippen LogP contribution in [0.25, 0.3) is 10.6 Å². The zero-order valence-corrected chi connectivity index (χ0v) is 15.1. The molecular weight excluding hydrogens is 334 g/mol. The predicted octanol–water partition coefficient (Wildman–Crippen LogP) is 3.31. The first-order valence-corrected chi connectivity index (χ1v) is 9.16. The molecule has 1 amide bonds. The van der Waals surface area contributed by atoms with Gasteiger partial charge in [0.25, 0.3) is 5.91 Å². The predicted molar refractivity (Wildman–Crippen MR) is 101 cm³/mol. The molecule has 0 atom stereocenters. The Morgan fingerprint density at radius 2 is 2.12 bits per heavy atom. The Hall–Kier alpha value is -2.67. The SMILES string of the molecule is CCN(CC)c1ccc(CNC(=O)c2cc(-c3cccs3)[nH]n2)cn1. The van der Waals surface area contributed by atoms with Crippen LogP contribution in [0, 0.1) is 0 Å². The number of rotatable bonds is 7. The van der Waals surface area contributed by atoms with Crippen LogP contribution < -0.4 is 10.2 Å². The molecule has 0 spiro atoms. The summed E-state index contributed by atoms with van der Waals surface area (Å²) in [6.45, 7) is 6.48. The van der Waals surface area contributed by atoms with E-state index in [2.05, 4.69) is 39.2 Å². The third-order valence-corrected chi connectivity index (χ3v) is 4.85. The first kappa shape index (κ1) is 17.2. The normalized spacial score (nSPS) is 10.6. The second kappa shape index (κ2) is 7.94. The minimum atomic E-state index is -0.202. The highest BCUT2D eigenvalue weighted by molar-refractivity contribution is 7.13. The Kier molecular flexibility index (Phi) is 5.45. The molecule has 130 valence electrons. The number of thiophene rings is 1. The fourth-order valence-electron chi connectivity index (χ4n) is 2.52. The van der Waals surface area contributed by atoms with Crippen LogP contribution in [0.15, 0.2) is 41.9 Å². The summed E-state index contributed by atoms with van der Waals surface area (Å²) in [4.78, 5) is 20.0. The van der Waals surface area contributed by atoms with Gasteiger partial charge in [-0.3, -0.25) is 9.89 Å². The van der Waals surface area contributed by atoms with E-state index in [4.69, 9.17) is 0 Å². The van der Waals surface area contributed by atoms with Crippen molar-refractivity contribution in [3.8, 4) is 10.6 Å². The van der Waals surface area contributed by atoms with Crippen LogP contribution in [-0.2, 0) is 6.54 Å². The summed E-state index contributed by atoms with van der Waals surface area (Å²) in [5.74, 6) is 0.750. The van der Waals surface area contributed by atoms with Crippen molar-refractivity contribution in [2.45, 2.75) is 20.4 Å². The van der Waals surface area contributed by atoms with Crippen molar-refractivity contribution < 1.29 is 4.79 Å². The zero-order valence-electron chi connectivity index (χ0n) is 14.3. The average Bonchev–Trinajstić information content (AvgIpc) is 3.33. The summed E-state index contributed by atoms with van der Waals surface area (Å²) >= 11 is 1.60. The first-order valence-electron chi connectivity index (χ1n) is 8.28. The third-order valence-electron chi connectivity index (χ3n) is 3.95. The van der Waals surface area contributed by atoms with E-state index in [9.17, 15) is 4.79 Å². The van der Waals surface area contributed by atoms with Crippen LogP contribution in [0.1, 0.15) is 29.9 Å². The Labute approximate surface area is 150 Å². The van der Waals surface area contributed by atoms with Gasteiger partial charge in [-0.25, -0.2) is 4.98 Å². The lowest BCUT2D eigenvalue weighted by Crippen LogP contribution is -2.24. The molecule has 2 N–H and O–H groups in total. The largest absolute Gasteiger partial charge is 0.357 e. The molecule has 7 heteroatoms. The molecule has 0 saturated carbocycles. The lowest BCUT2D eigenvalue weighted by Gasteiger charge is -2.19. The van der Waals surface area contributed by atoms with Crippen molar-refractivity contribution in [2.24, 2.45) is 0 Å². The summed E-state index contributed by atoms with van der Waals surface area (Å²) < 4.78 is 0. The van der Waals surface area contributed by atoms with Gasteiger partial charge < -0.3 is 10.2 Å². The highest BCUT2D eigenvalue weighted by Crippen LogP contribution is 2.22. The van der Waals surface area contributed by atoms with E-state index < -0.39 is 0 Å². The number of amides is 1. The van der Waals surface area contributed by atoms with Crippen LogP contribution in [0.2, 0.25) is 0 Å². The maximum absolute atomic E-state index is 12.2. The third kappa shape index (κ3) is 4.06. The van der Waals surface area contributed by atoms with Crippen molar-refractivity contribution in [1.82, 2.24) is 20.5 Å². The number of pyridine rings is 1. The summed E-state index contributed by atoms with van der Waals surface area (Å²) in [5.41, 5.74) is 2.19. The summed E-state index contributed by atoms with van der Waals surface area (Å²) in [5, 5.41) is 11.9. The number of carbonyl (C=O) groups excluding carboxylic acids is 1. The van der Waals surface area contributed by atoms with Crippen LogP contribution in [0.3, 0.4) is 0 Å². The average molecular weight is 355 g/mol. The van der Waals surface area contributed by atoms with E-state index >= 15 is 0 Å². The molecule has 0 radical (unpaired) electrons. The molecule has 25 heavy (non-hydrogen) atoms. The molecule has 3 aromatic heterocycles. The van der Waals surface area contributed by atoms with Gasteiger partial charge in [0.15, 0.2) is 5.69 Å². The molecule has 0 aliphatic carbocycles. The van der Waals surface area contributed by atoms with Crippen LogP contribution in [0.4, 0.5) is 5.82 Å². The van der Waals surface area contributed by atoms with E-state index in [1.807, 2.05) is 29.6 Å². The number of anilines is 1. The second-order valence-electron chi connectivity index (χ2n) is 5.52. The molecule has 6 nitrogen and oxygen atoms in total. The second-order valence-corrected chi connectivity index (χ2v) is 6.47. The lowest BCUT2D eigenvalue weighted by molar-refractivity contribution is 0.0946. The molecule has 3 aromatic rings. The quantitative estimate of drug-likeness (QED) is 0.682. The molecule has 0 bridgehead atoms. The van der Waals surface area contributed by atoms with E-state index in [0.717, 1.165) is 35.0 Å². The molecule has 0 unspecified atom stereocenters. The number of nitrogens with one attached hydrogen (secondary N) is 2. The molecule has 0 saturated heterocycles. The topological polar surface area (TPSA) is 73.9 Å². The van der Waals surface area contributed by atoms with E-state index in [1.54, 1.807) is 23.6 Å². The molecule has 0 aliphatic rings. The number of hydrogen-bond acceptors (Lipinski definition) is 5. The van der Waals surface area contributed by atoms with Crippen LogP contribution >= 0.6 is 11.3 Å². The lowest BCUT2D eigenvalue weighted by atomic mass is 10.2. The number of aromatic amines is 1. The van der Waals surface area contributed by atoms with E-state index in [1.165, 1.54) is 0 Å². The molecule has 0 fully saturated rings. The minimum absolute atomic E-state index is 0.202. The first-order chi connectivity index (χ1) is 12.2. The zero-order chi connectivity index (χ0) is 17.6. The maximum atomic E-state index is 12.2. The van der Waals surface area contributed by atoms with Crippen molar-refractivity contribution in [2.75, 3.05) is 18.0 Å². The Morgan fingerprint density at radius 3 is 2.76 bits per heavy atom. The summed E-state index contributed by atoms with van der Waals surface area (Å²) in [6.07, 6.45) is 1.80. The van der Waals surface area contributed by atoms with Crippen LogP contribution in [-0.4, -0.2) is 34.2 Å². The number of nitrogens with zero attached hydrogens (tertiary/aromatic N) is 3. The Bertz CT molecular complexity index is 806. The van der Waals surface area contributed by atoms with Crippen LogP contribution in [0.5, 0.6) is 0 Å². The van der Waals surface area contributed by atoms with Gasteiger partial charge in [-0.15, -0.1) is 11.3 Å². The van der Waals surface area contributed by atoms with E-state index in [0.29, 0.717) is 12.2 Å². The Balaban J connectivity index is 1.59. The smallest absolute Gasteiger partial charge is 0.272 e. The van der Waals surface area contributed by atoms with Gasteiger partial charge in [0.1, 0.15) is 5.82 Å². The van der Waals surface area contributed by atoms with Crippen molar-refractivity contribution in [3.05, 3.63) is 53.2 Å². The van der Waals surface area contributed by atoms with Gasteiger partial charge >= 0.3 is 0 Å². The van der Waals surface area contributed by atoms with Gasteiger partial charge in [0.2, 0.25) is 0 Å². The van der Waals surface area contributed by atoms with Gasteiger partial charge in [-0.2, -0.15) is 5.10 Å². The van der Waals surface area contributed by atoms with Gasteiger partial charge in [0, 0.05) is 25.8 Å². The summed E-state index contributed by atoms with van der Waals surface area (Å²) in [7, 11) is 0. The highest BCUT2D eigenvalue weighted by Gasteiger charge is 2.12. The van der Waals surface area contributed by atoms with Gasteiger partial charge in [-0.1, -0.05) is 12.1 Å². The Morgan fingerprint density at radius 1 is 1.28 bits per heavy atom. The van der Waals surface area contributed by atoms with Gasteiger partial charge in [0.05, 0.1) is 10.6 Å². The fraction of sp³-hybridized carbons (Fsp3) is 0.278. The standard InChI is InChI=1S/C18H21N5OS/c1-3-23(4-2)17-8-7-13(11-19-17)12-20-18(24)15-10-14(21-22-15)16-6-5-9-25-16/h5-11H,3-4,12H2,1-2H3,(H,20,24)(H,21,22). The number of aromatic nitrogens is 3. The molecule has 3 rings (SSSR count). The van der Waals surface area contributed by atoms with Crippen molar-refractivity contribution in [3.63, 3.8) is 0 Å². The monoisotopic (exact) mass is 355 g/mol. The molecule has 3 heterocycles. The van der Waals surface area contributed by atoms with Crippen molar-refractivity contribution >= 4 is 23.1 Å². The molecule has 0 aromatic carbocycles. The van der Waals surface area contributed by atoms with E-state index in [-0.39, 0.29) is 5.91 Å². The number of hydrogen-bond donors (Lipinski definition) is 2. The van der Waals surface area contributed by atoms with Gasteiger partial charge in [-0.05, 0) is 43.0 Å². The minimum Gasteiger partial charge on any atom is -0.357 e. The highest BCUT2D eigenvalue weighted by atomic mass is 32.1. The number of H-pyrrole nitrogens is 1. The summed E-state index contributed by atoms with van der Waals surface area (Å²) in [6, 6.07) is 9.70. The maximum Gasteiger partial charge on any atom is 0.272 e. The molecule has 0 aliphatic heterocycles. The fourth-order valence-corrected chi connectivity index (χ4v) is 3.22. The number of carbonyl (C=O) groups is 1. The molecular formula is C18H21N5OS. The van der Waals surface area contributed by atoms with Crippen molar-refractivity contribution in [1.29, 1.82) is 0 Å².